The van der Waals surface area contributed by atoms with Crippen LogP contribution in [0.3, 0.4) is 0 Å². The van der Waals surface area contributed by atoms with E-state index in [0.717, 1.165) is 33.9 Å². The Labute approximate surface area is 331 Å². The lowest BCUT2D eigenvalue weighted by Crippen LogP contribution is -2.43. The maximum atomic E-state index is 5.68. The Bertz CT molecular complexity index is 2560. The Balaban J connectivity index is 1.29. The van der Waals surface area contributed by atoms with E-state index < -0.39 is 5.41 Å². The number of rotatable bonds is 6. The molecule has 9 rings (SSSR count). The first kappa shape index (κ1) is 35.3. The fourth-order valence-electron chi connectivity index (χ4n) is 9.50. The van der Waals surface area contributed by atoms with Crippen molar-refractivity contribution >= 4 is 0 Å². The van der Waals surface area contributed by atoms with Gasteiger partial charge in [0.05, 0.1) is 22.8 Å². The summed E-state index contributed by atoms with van der Waals surface area (Å²) in [5, 5.41) is 0. The van der Waals surface area contributed by atoms with Crippen LogP contribution in [0.5, 0.6) is 0 Å². The Hall–Kier alpha value is -6.38. The third-order valence-electron chi connectivity index (χ3n) is 12.1. The molecule has 2 aromatic heterocycles. The van der Waals surface area contributed by atoms with Gasteiger partial charge in [-0.3, -0.25) is 9.97 Å². The second kappa shape index (κ2) is 13.7. The van der Waals surface area contributed by atoms with E-state index in [1.165, 1.54) is 66.8 Å². The average Bonchev–Trinajstić information content (AvgIpc) is 3.22. The predicted molar refractivity (Wildman–Crippen MR) is 233 cm³/mol. The molecule has 0 amide bonds. The molecule has 56 heavy (non-hydrogen) atoms. The molecule has 1 aliphatic rings. The van der Waals surface area contributed by atoms with Crippen LogP contribution in [0.2, 0.25) is 0 Å². The lowest BCUT2D eigenvalue weighted by atomic mass is 9.56. The standard InChI is InChI=1S/C54H46N2/c1-35-17-11-18-36(2)51(35)41-23-13-21-39(33-41)47-29-15-31-49(55-47)54(45-27-9-7-25-43(45)53(5,6)44-26-8-10-28-46(44)54)50-32-16-30-48(56-50)40-22-14-24-42(34-40)52-37(3)19-12-20-38(52)4/h7-34H,1-6H3. The number of hydrogen-bond acceptors (Lipinski definition) is 2. The van der Waals surface area contributed by atoms with Crippen molar-refractivity contribution < 1.29 is 0 Å². The number of hydrogen-bond donors (Lipinski definition) is 0. The van der Waals surface area contributed by atoms with E-state index in [2.05, 4.69) is 211 Å². The molecule has 0 fully saturated rings. The summed E-state index contributed by atoms with van der Waals surface area (Å²) >= 11 is 0. The summed E-state index contributed by atoms with van der Waals surface area (Å²) in [4.78, 5) is 11.4. The van der Waals surface area contributed by atoms with Gasteiger partial charge in [0.1, 0.15) is 5.41 Å². The normalized spacial score (nSPS) is 13.8. The van der Waals surface area contributed by atoms with E-state index in [-0.39, 0.29) is 5.41 Å². The van der Waals surface area contributed by atoms with Gasteiger partial charge in [0.2, 0.25) is 0 Å². The van der Waals surface area contributed by atoms with Gasteiger partial charge in [-0.1, -0.05) is 147 Å². The average molecular weight is 723 g/mol. The highest BCUT2D eigenvalue weighted by Gasteiger charge is 2.50. The van der Waals surface area contributed by atoms with Crippen LogP contribution in [0.25, 0.3) is 44.8 Å². The summed E-state index contributed by atoms with van der Waals surface area (Å²) in [5.41, 5.74) is 20.0. The van der Waals surface area contributed by atoms with Crippen molar-refractivity contribution in [2.24, 2.45) is 0 Å². The molecular formula is C54H46N2. The summed E-state index contributed by atoms with van der Waals surface area (Å²) in [7, 11) is 0. The highest BCUT2D eigenvalue weighted by Crippen LogP contribution is 2.55. The molecule has 0 atom stereocenters. The van der Waals surface area contributed by atoms with Crippen LogP contribution in [0.1, 0.15) is 69.7 Å². The Morgan fingerprint density at radius 2 is 0.679 bits per heavy atom. The first-order chi connectivity index (χ1) is 27.2. The summed E-state index contributed by atoms with van der Waals surface area (Å²) in [6.45, 7) is 13.5. The van der Waals surface area contributed by atoms with Crippen molar-refractivity contribution in [1.82, 2.24) is 9.97 Å². The summed E-state index contributed by atoms with van der Waals surface area (Å²) in [6.07, 6.45) is 0. The van der Waals surface area contributed by atoms with Crippen LogP contribution < -0.4 is 0 Å². The number of aryl methyl sites for hydroxylation is 4. The number of aromatic nitrogens is 2. The molecule has 0 spiro atoms. The minimum Gasteiger partial charge on any atom is -0.251 e. The van der Waals surface area contributed by atoms with Crippen molar-refractivity contribution in [3.8, 4) is 44.8 Å². The van der Waals surface area contributed by atoms with Crippen LogP contribution in [-0.4, -0.2) is 9.97 Å². The molecule has 2 nitrogen and oxygen atoms in total. The second-order valence-electron chi connectivity index (χ2n) is 16.0. The number of nitrogens with zero attached hydrogens (tertiary/aromatic N) is 2. The van der Waals surface area contributed by atoms with Gasteiger partial charge in [0.15, 0.2) is 0 Å². The minimum atomic E-state index is -0.789. The third-order valence-corrected chi connectivity index (χ3v) is 12.1. The first-order valence-electron chi connectivity index (χ1n) is 19.7. The Morgan fingerprint density at radius 3 is 1.09 bits per heavy atom. The van der Waals surface area contributed by atoms with Crippen LogP contribution in [0.4, 0.5) is 0 Å². The van der Waals surface area contributed by atoms with Crippen molar-refractivity contribution in [3.63, 3.8) is 0 Å². The molecule has 1 aliphatic carbocycles. The molecule has 6 aromatic carbocycles. The fraction of sp³-hybridized carbons (Fsp3) is 0.148. The van der Waals surface area contributed by atoms with Crippen LogP contribution >= 0.6 is 0 Å². The highest BCUT2D eigenvalue weighted by molar-refractivity contribution is 5.78. The number of pyridine rings is 2. The van der Waals surface area contributed by atoms with E-state index in [0.29, 0.717) is 0 Å². The molecule has 0 aliphatic heterocycles. The van der Waals surface area contributed by atoms with Crippen LogP contribution in [0.15, 0.2) is 170 Å². The van der Waals surface area contributed by atoms with Gasteiger partial charge in [-0.2, -0.15) is 0 Å². The van der Waals surface area contributed by atoms with E-state index >= 15 is 0 Å². The SMILES string of the molecule is Cc1cccc(C)c1-c1cccc(-c2cccc(C3(c4cccc(-c5cccc(-c6c(C)cccc6C)c5)n4)c4ccccc4C(C)(C)c4ccccc43)n2)c1. The molecule has 272 valence electrons. The molecule has 0 bridgehead atoms. The Morgan fingerprint density at radius 1 is 0.339 bits per heavy atom. The van der Waals surface area contributed by atoms with Crippen molar-refractivity contribution in [3.05, 3.63) is 226 Å². The van der Waals surface area contributed by atoms with Gasteiger partial charge in [-0.15, -0.1) is 0 Å². The van der Waals surface area contributed by atoms with Crippen molar-refractivity contribution in [2.45, 2.75) is 52.4 Å². The zero-order valence-electron chi connectivity index (χ0n) is 33.1. The maximum absolute atomic E-state index is 5.68. The van der Waals surface area contributed by atoms with Gasteiger partial charge < -0.3 is 0 Å². The van der Waals surface area contributed by atoms with E-state index in [4.69, 9.17) is 9.97 Å². The third kappa shape index (κ3) is 5.63. The smallest absolute Gasteiger partial charge is 0.105 e. The molecular weight excluding hydrogens is 677 g/mol. The number of fused-ring (bicyclic) bond motifs is 2. The highest BCUT2D eigenvalue weighted by atomic mass is 14.8. The molecule has 0 saturated carbocycles. The van der Waals surface area contributed by atoms with E-state index in [1.807, 2.05) is 0 Å². The van der Waals surface area contributed by atoms with Crippen molar-refractivity contribution in [2.75, 3.05) is 0 Å². The first-order valence-corrected chi connectivity index (χ1v) is 19.7. The number of benzene rings is 6. The molecule has 0 unspecified atom stereocenters. The van der Waals surface area contributed by atoms with Crippen LogP contribution in [-0.2, 0) is 10.8 Å². The monoisotopic (exact) mass is 722 g/mol. The zero-order valence-corrected chi connectivity index (χ0v) is 33.1. The topological polar surface area (TPSA) is 25.8 Å². The van der Waals surface area contributed by atoms with E-state index in [9.17, 15) is 0 Å². The molecule has 2 heteroatoms. The largest absolute Gasteiger partial charge is 0.251 e. The zero-order chi connectivity index (χ0) is 38.6. The minimum absolute atomic E-state index is 0.231. The molecule has 0 saturated heterocycles. The summed E-state index contributed by atoms with van der Waals surface area (Å²) in [6, 6.07) is 61.7. The summed E-state index contributed by atoms with van der Waals surface area (Å²) in [5.74, 6) is 0. The molecule has 0 radical (unpaired) electrons. The van der Waals surface area contributed by atoms with Gasteiger partial charge in [0.25, 0.3) is 0 Å². The molecule has 0 N–H and O–H groups in total. The van der Waals surface area contributed by atoms with Crippen LogP contribution in [0, 0.1) is 27.7 Å². The molecule has 2 heterocycles. The quantitative estimate of drug-likeness (QED) is 0.171. The molecule has 8 aromatic rings. The predicted octanol–water partition coefficient (Wildman–Crippen LogP) is 13.4. The fourth-order valence-corrected chi connectivity index (χ4v) is 9.50. The Kier molecular flexibility index (Phi) is 8.66. The van der Waals surface area contributed by atoms with Gasteiger partial charge in [0, 0.05) is 16.5 Å². The second-order valence-corrected chi connectivity index (χ2v) is 16.0. The lowest BCUT2D eigenvalue weighted by molar-refractivity contribution is 0.546. The van der Waals surface area contributed by atoms with Gasteiger partial charge >= 0.3 is 0 Å². The van der Waals surface area contributed by atoms with Gasteiger partial charge in [-0.05, 0) is 131 Å². The van der Waals surface area contributed by atoms with E-state index in [1.54, 1.807) is 0 Å². The van der Waals surface area contributed by atoms with Crippen molar-refractivity contribution in [1.29, 1.82) is 0 Å². The van der Waals surface area contributed by atoms with Gasteiger partial charge in [-0.25, -0.2) is 0 Å². The maximum Gasteiger partial charge on any atom is 0.105 e. The lowest BCUT2D eigenvalue weighted by Gasteiger charge is -2.46. The summed E-state index contributed by atoms with van der Waals surface area (Å²) < 4.78 is 0.